The third kappa shape index (κ3) is 2.85. The highest BCUT2D eigenvalue weighted by Gasteiger charge is 2.52. The molecule has 7 heteroatoms. The first kappa shape index (κ1) is 18.5. The van der Waals surface area contributed by atoms with Crippen LogP contribution in [0, 0.1) is 0 Å². The van der Waals surface area contributed by atoms with E-state index in [-0.39, 0.29) is 22.3 Å². The standard InChI is InChI=1S/C21H12F6O/c22-20(23,24)15-9-11-5-1-3-7-13(11)17(15)19(28)18-14-8-4-2-6-12(14)10-16(18)21(25,26)27/h1-10,17-18H. The van der Waals surface area contributed by atoms with Gasteiger partial charge in [-0.25, -0.2) is 0 Å². The molecule has 0 aromatic heterocycles. The Kier molecular flexibility index (Phi) is 4.03. The normalized spacial score (nSPS) is 21.1. The maximum Gasteiger partial charge on any atom is 0.413 e. The number of benzene rings is 2. The number of Topliss-reactive ketones (excluding diaryl/α,β-unsaturated/α-hetero) is 1. The Morgan fingerprint density at radius 2 is 1.00 bits per heavy atom. The lowest BCUT2D eigenvalue weighted by Gasteiger charge is -2.24. The van der Waals surface area contributed by atoms with Gasteiger partial charge in [0, 0.05) is 11.1 Å². The molecule has 0 spiro atoms. The van der Waals surface area contributed by atoms with Gasteiger partial charge in [0.15, 0.2) is 5.78 Å². The van der Waals surface area contributed by atoms with Crippen molar-refractivity contribution in [3.8, 4) is 0 Å². The number of alkyl halides is 6. The van der Waals surface area contributed by atoms with Crippen molar-refractivity contribution < 1.29 is 31.1 Å². The van der Waals surface area contributed by atoms with Gasteiger partial charge in [-0.3, -0.25) is 4.79 Å². The highest BCUT2D eigenvalue weighted by molar-refractivity contribution is 6.03. The number of rotatable bonds is 2. The summed E-state index contributed by atoms with van der Waals surface area (Å²) in [6.45, 7) is 0. The zero-order valence-electron chi connectivity index (χ0n) is 14.1. The first-order chi connectivity index (χ1) is 13.1. The number of carbonyl (C=O) groups is 1. The molecule has 0 amide bonds. The number of allylic oxidation sites excluding steroid dienone is 2. The SMILES string of the molecule is O=C(C1C(C(F)(F)F)=Cc2ccccc21)C1C(C(F)(F)F)=Cc2ccccc21. The summed E-state index contributed by atoms with van der Waals surface area (Å²) in [5, 5.41) is 0. The summed E-state index contributed by atoms with van der Waals surface area (Å²) in [5.41, 5.74) is -1.74. The number of carbonyl (C=O) groups excluding carboxylic acids is 1. The van der Waals surface area contributed by atoms with Crippen LogP contribution in [0.2, 0.25) is 0 Å². The predicted molar refractivity (Wildman–Crippen MR) is 91.4 cm³/mol. The van der Waals surface area contributed by atoms with E-state index < -0.39 is 41.1 Å². The van der Waals surface area contributed by atoms with E-state index in [1.807, 2.05) is 0 Å². The number of halogens is 6. The van der Waals surface area contributed by atoms with Gasteiger partial charge in [-0.2, -0.15) is 26.3 Å². The lowest BCUT2D eigenvalue weighted by atomic mass is 9.80. The second kappa shape index (κ2) is 6.09. The van der Waals surface area contributed by atoms with Gasteiger partial charge in [-0.05, 0) is 34.4 Å². The van der Waals surface area contributed by atoms with Crippen LogP contribution in [0.1, 0.15) is 34.1 Å². The maximum atomic E-state index is 13.6. The zero-order chi connectivity index (χ0) is 20.3. The molecule has 28 heavy (non-hydrogen) atoms. The van der Waals surface area contributed by atoms with Crippen LogP contribution in [0.3, 0.4) is 0 Å². The van der Waals surface area contributed by atoms with Gasteiger partial charge in [-0.1, -0.05) is 48.5 Å². The van der Waals surface area contributed by atoms with E-state index in [4.69, 9.17) is 0 Å². The minimum absolute atomic E-state index is 0.0748. The Morgan fingerprint density at radius 3 is 1.36 bits per heavy atom. The van der Waals surface area contributed by atoms with Gasteiger partial charge >= 0.3 is 12.4 Å². The number of hydrogen-bond donors (Lipinski definition) is 0. The Bertz CT molecular complexity index is 944. The molecule has 0 radical (unpaired) electrons. The first-order valence-electron chi connectivity index (χ1n) is 8.38. The monoisotopic (exact) mass is 394 g/mol. The summed E-state index contributed by atoms with van der Waals surface area (Å²) < 4.78 is 81.6. The molecular formula is C21H12F6O. The predicted octanol–water partition coefficient (Wildman–Crippen LogP) is 6.04. The van der Waals surface area contributed by atoms with E-state index >= 15 is 0 Å². The Morgan fingerprint density at radius 1 is 0.643 bits per heavy atom. The topological polar surface area (TPSA) is 17.1 Å². The van der Waals surface area contributed by atoms with E-state index in [1.165, 1.54) is 48.5 Å². The summed E-state index contributed by atoms with van der Waals surface area (Å²) in [6.07, 6.45) is -7.98. The first-order valence-corrected chi connectivity index (χ1v) is 8.38. The molecule has 0 bridgehead atoms. The van der Waals surface area contributed by atoms with Crippen LogP contribution in [-0.4, -0.2) is 18.1 Å². The van der Waals surface area contributed by atoms with Crippen molar-refractivity contribution in [2.75, 3.05) is 0 Å². The molecule has 4 rings (SSSR count). The van der Waals surface area contributed by atoms with Crippen molar-refractivity contribution in [1.29, 1.82) is 0 Å². The fourth-order valence-corrected chi connectivity index (χ4v) is 3.92. The molecule has 144 valence electrons. The molecular weight excluding hydrogens is 382 g/mol. The van der Waals surface area contributed by atoms with E-state index in [0.717, 1.165) is 12.2 Å². The van der Waals surface area contributed by atoms with Gasteiger partial charge in [0.05, 0.1) is 11.8 Å². The number of ketones is 1. The third-order valence-electron chi connectivity index (χ3n) is 5.08. The van der Waals surface area contributed by atoms with Gasteiger partial charge in [0.2, 0.25) is 0 Å². The van der Waals surface area contributed by atoms with Crippen LogP contribution < -0.4 is 0 Å². The van der Waals surface area contributed by atoms with Gasteiger partial charge in [-0.15, -0.1) is 0 Å². The molecule has 0 heterocycles. The highest BCUT2D eigenvalue weighted by Crippen LogP contribution is 2.52. The van der Waals surface area contributed by atoms with E-state index in [0.29, 0.717) is 0 Å². The molecule has 2 atom stereocenters. The maximum absolute atomic E-state index is 13.6. The lowest BCUT2D eigenvalue weighted by molar-refractivity contribution is -0.129. The Hall–Kier alpha value is -2.83. The summed E-state index contributed by atoms with van der Waals surface area (Å²) in [7, 11) is 0. The Balaban J connectivity index is 1.86. The van der Waals surface area contributed by atoms with E-state index in [1.54, 1.807) is 0 Å². The van der Waals surface area contributed by atoms with Crippen molar-refractivity contribution >= 4 is 17.9 Å². The van der Waals surface area contributed by atoms with Crippen LogP contribution in [-0.2, 0) is 4.79 Å². The van der Waals surface area contributed by atoms with E-state index in [9.17, 15) is 31.1 Å². The van der Waals surface area contributed by atoms with Crippen molar-refractivity contribution in [2.24, 2.45) is 0 Å². The molecule has 0 aliphatic heterocycles. The lowest BCUT2D eigenvalue weighted by Crippen LogP contribution is -2.30. The molecule has 2 aliphatic carbocycles. The van der Waals surface area contributed by atoms with Crippen LogP contribution in [0.15, 0.2) is 59.7 Å². The molecule has 0 saturated heterocycles. The molecule has 2 unspecified atom stereocenters. The van der Waals surface area contributed by atoms with E-state index in [2.05, 4.69) is 0 Å². The quantitative estimate of drug-likeness (QED) is 0.568. The number of hydrogen-bond acceptors (Lipinski definition) is 1. The summed E-state index contributed by atoms with van der Waals surface area (Å²) in [5.74, 6) is -4.71. The molecule has 1 nitrogen and oxygen atoms in total. The third-order valence-corrected chi connectivity index (χ3v) is 5.08. The average molecular weight is 394 g/mol. The Labute approximate surface area is 156 Å². The second-order valence-corrected chi connectivity index (χ2v) is 6.72. The fraction of sp³-hybridized carbons (Fsp3) is 0.190. The number of fused-ring (bicyclic) bond motifs is 2. The highest BCUT2D eigenvalue weighted by atomic mass is 19.4. The van der Waals surface area contributed by atoms with Crippen molar-refractivity contribution in [3.63, 3.8) is 0 Å². The van der Waals surface area contributed by atoms with Gasteiger partial charge in [0.25, 0.3) is 0 Å². The second-order valence-electron chi connectivity index (χ2n) is 6.72. The largest absolute Gasteiger partial charge is 0.413 e. The van der Waals surface area contributed by atoms with Gasteiger partial charge in [0.1, 0.15) is 0 Å². The average Bonchev–Trinajstić information content (AvgIpc) is 3.19. The van der Waals surface area contributed by atoms with Crippen LogP contribution >= 0.6 is 0 Å². The van der Waals surface area contributed by atoms with Crippen molar-refractivity contribution in [2.45, 2.75) is 24.2 Å². The molecule has 0 fully saturated rings. The van der Waals surface area contributed by atoms with Crippen LogP contribution in [0.5, 0.6) is 0 Å². The van der Waals surface area contributed by atoms with Crippen LogP contribution in [0.25, 0.3) is 12.2 Å². The fourth-order valence-electron chi connectivity index (χ4n) is 3.92. The minimum atomic E-state index is -4.83. The minimum Gasteiger partial charge on any atom is -0.298 e. The van der Waals surface area contributed by atoms with Crippen LogP contribution in [0.4, 0.5) is 26.3 Å². The van der Waals surface area contributed by atoms with Crippen molar-refractivity contribution in [3.05, 3.63) is 81.9 Å². The summed E-state index contributed by atoms with van der Waals surface area (Å²) in [4.78, 5) is 13.2. The molecule has 0 saturated carbocycles. The van der Waals surface area contributed by atoms with Gasteiger partial charge < -0.3 is 0 Å². The summed E-state index contributed by atoms with van der Waals surface area (Å²) >= 11 is 0. The smallest absolute Gasteiger partial charge is 0.298 e. The molecule has 2 aromatic rings. The molecule has 2 aliphatic rings. The molecule has 0 N–H and O–H groups in total. The zero-order valence-corrected chi connectivity index (χ0v) is 14.1. The molecule has 2 aromatic carbocycles. The van der Waals surface area contributed by atoms with Crippen molar-refractivity contribution in [1.82, 2.24) is 0 Å². The summed E-state index contributed by atoms with van der Waals surface area (Å²) in [6, 6.07) is 11.5.